The fourth-order valence-corrected chi connectivity index (χ4v) is 3.11. The van der Waals surface area contributed by atoms with Crippen LogP contribution in [-0.4, -0.2) is 5.11 Å². The zero-order chi connectivity index (χ0) is 13.4. The van der Waals surface area contributed by atoms with E-state index in [1.807, 2.05) is 0 Å². The van der Waals surface area contributed by atoms with E-state index in [9.17, 15) is 13.9 Å². The maximum Gasteiger partial charge on any atom is 0.129 e. The van der Waals surface area contributed by atoms with E-state index in [1.165, 1.54) is 29.5 Å². The molecular formula is C15H10F2OS. The number of fused-ring (bicyclic) bond motifs is 1. The molecule has 1 nitrogen and oxygen atoms in total. The molecule has 0 saturated carbocycles. The largest absolute Gasteiger partial charge is 0.383 e. The molecule has 1 atom stereocenters. The number of hydrogen-bond acceptors (Lipinski definition) is 2. The van der Waals surface area contributed by atoms with Gasteiger partial charge in [-0.1, -0.05) is 24.3 Å². The molecule has 0 saturated heterocycles. The van der Waals surface area contributed by atoms with Gasteiger partial charge in [-0.3, -0.25) is 0 Å². The first-order valence-electron chi connectivity index (χ1n) is 5.76. The van der Waals surface area contributed by atoms with Crippen molar-refractivity contribution in [3.63, 3.8) is 0 Å². The normalized spacial score (nSPS) is 12.8. The highest BCUT2D eigenvalue weighted by atomic mass is 32.1. The number of hydrogen-bond donors (Lipinski definition) is 1. The molecule has 0 amide bonds. The van der Waals surface area contributed by atoms with E-state index in [1.54, 1.807) is 30.3 Å². The Bertz CT molecular complexity index is 736. The molecule has 0 aliphatic rings. The van der Waals surface area contributed by atoms with Gasteiger partial charge in [0.05, 0.1) is 0 Å². The molecular weight excluding hydrogens is 266 g/mol. The predicted octanol–water partition coefficient (Wildman–Crippen LogP) is 4.26. The van der Waals surface area contributed by atoms with E-state index >= 15 is 0 Å². The van der Waals surface area contributed by atoms with E-state index < -0.39 is 11.9 Å². The van der Waals surface area contributed by atoms with Crippen molar-refractivity contribution in [2.24, 2.45) is 0 Å². The second kappa shape index (κ2) is 4.72. The minimum Gasteiger partial charge on any atom is -0.383 e. The van der Waals surface area contributed by atoms with Gasteiger partial charge in [-0.05, 0) is 29.7 Å². The van der Waals surface area contributed by atoms with Gasteiger partial charge < -0.3 is 5.11 Å². The van der Waals surface area contributed by atoms with E-state index in [0.717, 1.165) is 10.1 Å². The standard InChI is InChI=1S/C15H10F2OS/c16-10-6-5-9-7-14(19-13(9)8-10)15(18)11-3-1-2-4-12(11)17/h1-8,15,18H. The predicted molar refractivity (Wildman–Crippen MR) is 72.2 cm³/mol. The third-order valence-corrected chi connectivity index (χ3v) is 4.12. The Morgan fingerprint density at radius 3 is 2.58 bits per heavy atom. The van der Waals surface area contributed by atoms with Crippen molar-refractivity contribution in [1.82, 2.24) is 0 Å². The molecule has 1 heterocycles. The van der Waals surface area contributed by atoms with Crippen LogP contribution >= 0.6 is 11.3 Å². The van der Waals surface area contributed by atoms with Crippen molar-refractivity contribution >= 4 is 21.4 Å². The maximum absolute atomic E-state index is 13.6. The molecule has 3 rings (SSSR count). The van der Waals surface area contributed by atoms with Gasteiger partial charge in [0.1, 0.15) is 17.7 Å². The van der Waals surface area contributed by atoms with Crippen LogP contribution in [0.4, 0.5) is 8.78 Å². The van der Waals surface area contributed by atoms with Crippen molar-refractivity contribution in [2.45, 2.75) is 6.10 Å². The van der Waals surface area contributed by atoms with Crippen LogP contribution in [0.2, 0.25) is 0 Å². The molecule has 1 aromatic heterocycles. The fraction of sp³-hybridized carbons (Fsp3) is 0.0667. The molecule has 3 aromatic rings. The van der Waals surface area contributed by atoms with Crippen LogP contribution in [0.25, 0.3) is 10.1 Å². The summed E-state index contributed by atoms with van der Waals surface area (Å²) in [5.41, 5.74) is 0.231. The molecule has 1 N–H and O–H groups in total. The smallest absolute Gasteiger partial charge is 0.129 e. The summed E-state index contributed by atoms with van der Waals surface area (Å²) in [7, 11) is 0. The summed E-state index contributed by atoms with van der Waals surface area (Å²) in [6.07, 6.45) is -1.03. The zero-order valence-corrected chi connectivity index (χ0v) is 10.6. The van der Waals surface area contributed by atoms with Crippen molar-refractivity contribution in [3.05, 3.63) is 70.6 Å². The zero-order valence-electron chi connectivity index (χ0n) is 9.81. The molecule has 2 aromatic carbocycles. The Balaban J connectivity index is 2.07. The molecule has 0 bridgehead atoms. The average Bonchev–Trinajstić information content (AvgIpc) is 2.81. The maximum atomic E-state index is 13.6. The highest BCUT2D eigenvalue weighted by Crippen LogP contribution is 2.34. The summed E-state index contributed by atoms with van der Waals surface area (Å²) in [5.74, 6) is -0.764. The van der Waals surface area contributed by atoms with E-state index in [2.05, 4.69) is 0 Å². The number of aliphatic hydroxyl groups is 1. The molecule has 0 spiro atoms. The second-order valence-corrected chi connectivity index (χ2v) is 5.37. The van der Waals surface area contributed by atoms with Crippen LogP contribution in [0.1, 0.15) is 16.5 Å². The lowest BCUT2D eigenvalue weighted by Gasteiger charge is -2.09. The third-order valence-electron chi connectivity index (χ3n) is 2.97. The number of aliphatic hydroxyl groups excluding tert-OH is 1. The minimum atomic E-state index is -1.03. The van der Waals surface area contributed by atoms with Crippen LogP contribution < -0.4 is 0 Å². The molecule has 0 aliphatic carbocycles. The first-order chi connectivity index (χ1) is 9.15. The van der Waals surface area contributed by atoms with Gasteiger partial charge in [-0.15, -0.1) is 11.3 Å². The fourth-order valence-electron chi connectivity index (χ4n) is 2.01. The molecule has 0 radical (unpaired) electrons. The van der Waals surface area contributed by atoms with Crippen molar-refractivity contribution in [2.75, 3.05) is 0 Å². The van der Waals surface area contributed by atoms with Crippen LogP contribution in [0.5, 0.6) is 0 Å². The number of benzene rings is 2. The third kappa shape index (κ3) is 2.25. The SMILES string of the molecule is OC(c1cc2ccc(F)cc2s1)c1ccccc1F. The van der Waals surface area contributed by atoms with E-state index in [-0.39, 0.29) is 11.4 Å². The van der Waals surface area contributed by atoms with E-state index in [4.69, 9.17) is 0 Å². The summed E-state index contributed by atoms with van der Waals surface area (Å²) in [5, 5.41) is 11.1. The van der Waals surface area contributed by atoms with Gasteiger partial charge >= 0.3 is 0 Å². The lowest BCUT2D eigenvalue weighted by Crippen LogP contribution is -1.99. The van der Waals surface area contributed by atoms with Gasteiger partial charge in [-0.25, -0.2) is 8.78 Å². The topological polar surface area (TPSA) is 20.2 Å². The summed E-state index contributed by atoms with van der Waals surface area (Å²) in [6, 6.07) is 12.3. The van der Waals surface area contributed by atoms with Crippen molar-refractivity contribution < 1.29 is 13.9 Å². The highest BCUT2D eigenvalue weighted by molar-refractivity contribution is 7.19. The molecule has 19 heavy (non-hydrogen) atoms. The quantitative estimate of drug-likeness (QED) is 0.741. The number of halogens is 2. The number of thiophene rings is 1. The molecule has 0 fully saturated rings. The molecule has 96 valence electrons. The lowest BCUT2D eigenvalue weighted by atomic mass is 10.1. The van der Waals surface area contributed by atoms with Crippen LogP contribution in [0.15, 0.2) is 48.5 Å². The Morgan fingerprint density at radius 2 is 1.79 bits per heavy atom. The summed E-state index contributed by atoms with van der Waals surface area (Å²) < 4.78 is 27.5. The average molecular weight is 276 g/mol. The monoisotopic (exact) mass is 276 g/mol. The Morgan fingerprint density at radius 1 is 1.00 bits per heavy atom. The van der Waals surface area contributed by atoms with Crippen LogP contribution in [0, 0.1) is 11.6 Å². The lowest BCUT2D eigenvalue weighted by molar-refractivity contribution is 0.219. The van der Waals surface area contributed by atoms with Gasteiger partial charge in [0.2, 0.25) is 0 Å². The molecule has 1 unspecified atom stereocenters. The van der Waals surface area contributed by atoms with Crippen molar-refractivity contribution in [1.29, 1.82) is 0 Å². The van der Waals surface area contributed by atoms with Crippen molar-refractivity contribution in [3.8, 4) is 0 Å². The van der Waals surface area contributed by atoms with Crippen LogP contribution in [0.3, 0.4) is 0 Å². The van der Waals surface area contributed by atoms with Crippen LogP contribution in [-0.2, 0) is 0 Å². The minimum absolute atomic E-state index is 0.231. The summed E-state index contributed by atoms with van der Waals surface area (Å²) >= 11 is 1.27. The van der Waals surface area contributed by atoms with E-state index in [0.29, 0.717) is 4.88 Å². The highest BCUT2D eigenvalue weighted by Gasteiger charge is 2.17. The van der Waals surface area contributed by atoms with Gasteiger partial charge in [0.15, 0.2) is 0 Å². The molecule has 4 heteroatoms. The van der Waals surface area contributed by atoms with Gasteiger partial charge in [-0.2, -0.15) is 0 Å². The summed E-state index contributed by atoms with van der Waals surface area (Å²) in [4.78, 5) is 0.603. The van der Waals surface area contributed by atoms with Gasteiger partial charge in [0, 0.05) is 15.1 Å². The summed E-state index contributed by atoms with van der Waals surface area (Å²) in [6.45, 7) is 0. The first kappa shape index (κ1) is 12.3. The molecule has 0 aliphatic heterocycles. The first-order valence-corrected chi connectivity index (χ1v) is 6.58. The Labute approximate surface area is 112 Å². The second-order valence-electron chi connectivity index (χ2n) is 4.25. The van der Waals surface area contributed by atoms with Gasteiger partial charge in [0.25, 0.3) is 0 Å². The number of rotatable bonds is 2. The Kier molecular flexibility index (Phi) is 3.05. The Hall–Kier alpha value is -1.78.